The van der Waals surface area contributed by atoms with Gasteiger partial charge in [0.15, 0.2) is 0 Å². The molecule has 0 spiro atoms. The lowest BCUT2D eigenvalue weighted by Gasteiger charge is -2.38. The van der Waals surface area contributed by atoms with Gasteiger partial charge < -0.3 is 14.8 Å². The number of hydrogen-bond donors (Lipinski definition) is 1. The smallest absolute Gasteiger partial charge is 0.252 e. The lowest BCUT2D eigenvalue weighted by atomic mass is 9.74. The third-order valence-electron chi connectivity index (χ3n) is 4.89. The lowest BCUT2D eigenvalue weighted by Crippen LogP contribution is -2.44. The number of amides is 1. The van der Waals surface area contributed by atoms with Crippen molar-refractivity contribution in [2.24, 2.45) is 0 Å². The van der Waals surface area contributed by atoms with Crippen molar-refractivity contribution in [3.05, 3.63) is 57.7 Å². The van der Waals surface area contributed by atoms with E-state index in [4.69, 9.17) is 32.7 Å². The van der Waals surface area contributed by atoms with Crippen molar-refractivity contribution >= 4 is 29.1 Å². The second-order valence-electron chi connectivity index (χ2n) is 7.26. The number of aromatic nitrogens is 1. The van der Waals surface area contributed by atoms with Gasteiger partial charge in [0.1, 0.15) is 5.02 Å². The summed E-state index contributed by atoms with van der Waals surface area (Å²) in [4.78, 5) is 16.9. The van der Waals surface area contributed by atoms with E-state index < -0.39 is 0 Å². The Balaban J connectivity index is 1.75. The highest BCUT2D eigenvalue weighted by atomic mass is 35.5. The molecule has 1 aliphatic heterocycles. The van der Waals surface area contributed by atoms with Crippen LogP contribution in [0.3, 0.4) is 0 Å². The van der Waals surface area contributed by atoms with Crippen molar-refractivity contribution in [1.82, 2.24) is 10.3 Å². The van der Waals surface area contributed by atoms with E-state index in [0.717, 1.165) is 18.4 Å². The number of nitrogens with one attached hydrogen (secondary N) is 1. The summed E-state index contributed by atoms with van der Waals surface area (Å²) in [6.45, 7) is 5.56. The van der Waals surface area contributed by atoms with Crippen LogP contribution in [0.1, 0.15) is 42.6 Å². The summed E-state index contributed by atoms with van der Waals surface area (Å²) in [6.07, 6.45) is 3.06. The van der Waals surface area contributed by atoms with Crippen LogP contribution in [0.5, 0.6) is 5.88 Å². The molecule has 0 unspecified atom stereocenters. The Kier molecular flexibility index (Phi) is 6.81. The van der Waals surface area contributed by atoms with Crippen LogP contribution in [0.2, 0.25) is 10.0 Å². The second-order valence-corrected chi connectivity index (χ2v) is 8.11. The minimum Gasteiger partial charge on any atom is -0.474 e. The first-order valence-corrected chi connectivity index (χ1v) is 10.1. The molecule has 1 aromatic carbocycles. The zero-order chi connectivity index (χ0) is 20.1. The van der Waals surface area contributed by atoms with Crippen LogP contribution < -0.4 is 10.1 Å². The summed E-state index contributed by atoms with van der Waals surface area (Å²) in [5, 5.41) is 4.04. The third-order valence-corrected chi connectivity index (χ3v) is 5.40. The Bertz CT molecular complexity index is 836. The minimum absolute atomic E-state index is 0.0456. The van der Waals surface area contributed by atoms with Gasteiger partial charge in [-0.2, -0.15) is 0 Å². The summed E-state index contributed by atoms with van der Waals surface area (Å²) in [5.41, 5.74) is 1.30. The topological polar surface area (TPSA) is 60.5 Å². The maximum absolute atomic E-state index is 12.7. The van der Waals surface area contributed by atoms with Crippen LogP contribution in [0.15, 0.2) is 36.5 Å². The van der Waals surface area contributed by atoms with Crippen LogP contribution >= 0.6 is 23.2 Å². The van der Waals surface area contributed by atoms with Gasteiger partial charge in [-0.3, -0.25) is 4.79 Å². The largest absolute Gasteiger partial charge is 0.474 e. The van der Waals surface area contributed by atoms with E-state index >= 15 is 0 Å². The van der Waals surface area contributed by atoms with E-state index in [0.29, 0.717) is 41.2 Å². The second kappa shape index (κ2) is 9.12. The molecule has 150 valence electrons. The van der Waals surface area contributed by atoms with Crippen molar-refractivity contribution in [1.29, 1.82) is 0 Å². The number of pyridine rings is 1. The molecule has 0 aliphatic carbocycles. The standard InChI is InChI=1S/C21H24Cl2N2O3/c1-14(2)28-20-18(23)10-15(12-24-20)19(26)25-13-21(6-8-27-9-7-21)16-4-3-5-17(22)11-16/h3-5,10-12,14H,6-9,13H2,1-2H3,(H,25,26). The predicted molar refractivity (Wildman–Crippen MR) is 111 cm³/mol. The van der Waals surface area contributed by atoms with Gasteiger partial charge in [-0.05, 0) is 50.5 Å². The fourth-order valence-electron chi connectivity index (χ4n) is 3.36. The number of ether oxygens (including phenoxy) is 2. The molecule has 28 heavy (non-hydrogen) atoms. The first-order valence-electron chi connectivity index (χ1n) is 9.34. The molecular weight excluding hydrogens is 399 g/mol. The number of hydrogen-bond acceptors (Lipinski definition) is 4. The van der Waals surface area contributed by atoms with Gasteiger partial charge >= 0.3 is 0 Å². The molecule has 2 aromatic rings. The molecule has 7 heteroatoms. The quantitative estimate of drug-likeness (QED) is 0.735. The third kappa shape index (κ3) is 4.96. The molecule has 0 atom stereocenters. The Morgan fingerprint density at radius 3 is 2.68 bits per heavy atom. The van der Waals surface area contributed by atoms with Crippen molar-refractivity contribution in [3.63, 3.8) is 0 Å². The number of rotatable bonds is 6. The average Bonchev–Trinajstić information content (AvgIpc) is 2.68. The number of nitrogens with zero attached hydrogens (tertiary/aromatic N) is 1. The summed E-state index contributed by atoms with van der Waals surface area (Å²) in [5.74, 6) is 0.103. The molecule has 1 aliphatic rings. The first kappa shape index (κ1) is 20.9. The Labute approximate surface area is 175 Å². The SMILES string of the molecule is CC(C)Oc1ncc(C(=O)NCC2(c3cccc(Cl)c3)CCOCC2)cc1Cl. The van der Waals surface area contributed by atoms with Crippen LogP contribution in [-0.4, -0.2) is 36.8 Å². The van der Waals surface area contributed by atoms with Crippen LogP contribution in [-0.2, 0) is 10.2 Å². The molecule has 1 saturated heterocycles. The van der Waals surface area contributed by atoms with Crippen molar-refractivity contribution < 1.29 is 14.3 Å². The molecule has 3 rings (SSSR count). The molecule has 1 N–H and O–H groups in total. The van der Waals surface area contributed by atoms with Crippen molar-refractivity contribution in [2.75, 3.05) is 19.8 Å². The zero-order valence-electron chi connectivity index (χ0n) is 16.0. The highest BCUT2D eigenvalue weighted by Gasteiger charge is 2.35. The van der Waals surface area contributed by atoms with Gasteiger partial charge in [-0.1, -0.05) is 35.3 Å². The first-order chi connectivity index (χ1) is 13.4. The van der Waals surface area contributed by atoms with E-state index in [9.17, 15) is 4.79 Å². The number of halogens is 2. The summed E-state index contributed by atoms with van der Waals surface area (Å²) >= 11 is 12.4. The maximum atomic E-state index is 12.7. The summed E-state index contributed by atoms with van der Waals surface area (Å²) in [7, 11) is 0. The number of carbonyl (C=O) groups excluding carboxylic acids is 1. The number of benzene rings is 1. The predicted octanol–water partition coefficient (Wildman–Crippen LogP) is 4.65. The van der Waals surface area contributed by atoms with Gasteiger partial charge in [0.05, 0.1) is 11.7 Å². The van der Waals surface area contributed by atoms with E-state index in [1.54, 1.807) is 6.07 Å². The van der Waals surface area contributed by atoms with Gasteiger partial charge in [0.2, 0.25) is 5.88 Å². The normalized spacial score (nSPS) is 16.0. The van der Waals surface area contributed by atoms with Gasteiger partial charge in [-0.25, -0.2) is 4.98 Å². The molecule has 2 heterocycles. The monoisotopic (exact) mass is 422 g/mol. The molecule has 0 saturated carbocycles. The van der Waals surface area contributed by atoms with Gasteiger partial charge in [0.25, 0.3) is 5.91 Å². The Morgan fingerprint density at radius 1 is 1.29 bits per heavy atom. The highest BCUT2D eigenvalue weighted by molar-refractivity contribution is 6.32. The van der Waals surface area contributed by atoms with Crippen LogP contribution in [0.4, 0.5) is 0 Å². The molecule has 5 nitrogen and oxygen atoms in total. The fraction of sp³-hybridized carbons (Fsp3) is 0.429. The molecule has 0 radical (unpaired) electrons. The summed E-state index contributed by atoms with van der Waals surface area (Å²) in [6, 6.07) is 9.39. The van der Waals surface area contributed by atoms with E-state index in [1.165, 1.54) is 6.20 Å². The fourth-order valence-corrected chi connectivity index (χ4v) is 3.76. The van der Waals surface area contributed by atoms with Crippen molar-refractivity contribution in [3.8, 4) is 5.88 Å². The molecule has 1 aromatic heterocycles. The Morgan fingerprint density at radius 2 is 2.04 bits per heavy atom. The maximum Gasteiger partial charge on any atom is 0.252 e. The lowest BCUT2D eigenvalue weighted by molar-refractivity contribution is 0.0487. The average molecular weight is 423 g/mol. The number of carbonyl (C=O) groups is 1. The molecule has 1 amide bonds. The van der Waals surface area contributed by atoms with E-state index in [-0.39, 0.29) is 17.4 Å². The van der Waals surface area contributed by atoms with Crippen LogP contribution in [0, 0.1) is 0 Å². The minimum atomic E-state index is -0.224. The molecular formula is C21H24Cl2N2O3. The molecule has 1 fully saturated rings. The molecule has 0 bridgehead atoms. The van der Waals surface area contributed by atoms with Crippen molar-refractivity contribution in [2.45, 2.75) is 38.2 Å². The van der Waals surface area contributed by atoms with E-state index in [2.05, 4.69) is 16.4 Å². The van der Waals surface area contributed by atoms with Gasteiger partial charge in [-0.15, -0.1) is 0 Å². The highest BCUT2D eigenvalue weighted by Crippen LogP contribution is 2.35. The zero-order valence-corrected chi connectivity index (χ0v) is 17.5. The Hall–Kier alpha value is -1.82. The summed E-state index contributed by atoms with van der Waals surface area (Å²) < 4.78 is 11.1. The van der Waals surface area contributed by atoms with Crippen LogP contribution in [0.25, 0.3) is 0 Å². The van der Waals surface area contributed by atoms with Gasteiger partial charge in [0, 0.05) is 36.4 Å². The van der Waals surface area contributed by atoms with E-state index in [1.807, 2.05) is 32.0 Å².